The largest absolute Gasteiger partial charge is 0.496 e. The Morgan fingerprint density at radius 2 is 2.00 bits per heavy atom. The lowest BCUT2D eigenvalue weighted by molar-refractivity contribution is 0.234. The van der Waals surface area contributed by atoms with Crippen molar-refractivity contribution in [1.82, 2.24) is 19.5 Å². The second-order valence-corrected chi connectivity index (χ2v) is 11.0. The molecule has 0 aliphatic rings. The Balaban J connectivity index is 1.92. The van der Waals surface area contributed by atoms with Gasteiger partial charge in [-0.1, -0.05) is 23.9 Å². The van der Waals surface area contributed by atoms with Crippen molar-refractivity contribution < 1.29 is 18.3 Å². The minimum absolute atomic E-state index is 0.0995. The van der Waals surface area contributed by atoms with E-state index in [1.54, 1.807) is 24.8 Å². The summed E-state index contributed by atoms with van der Waals surface area (Å²) in [6, 6.07) is 5.91. The number of anilines is 1. The summed E-state index contributed by atoms with van der Waals surface area (Å²) in [5.74, 6) is 1.96. The first-order chi connectivity index (χ1) is 15.9. The normalized spacial score (nSPS) is 12.1. The summed E-state index contributed by atoms with van der Waals surface area (Å²) in [6.07, 6.45) is 3.06. The second kappa shape index (κ2) is 10.3. The number of aryl methyl sites for hydroxylation is 1. The first-order valence-corrected chi connectivity index (χ1v) is 13.0. The smallest absolute Gasteiger partial charge is 0.257 e. The first kappa shape index (κ1) is 25.9. The molecular formula is C22H30N6O4S2. The number of methoxy groups -OCH3 is 1. The van der Waals surface area contributed by atoms with Crippen molar-refractivity contribution >= 4 is 27.5 Å². The van der Waals surface area contributed by atoms with Gasteiger partial charge >= 0.3 is 0 Å². The molecule has 0 amide bonds. The molecule has 3 rings (SSSR count). The lowest BCUT2D eigenvalue weighted by atomic mass is 10.1. The number of nitrogens with two attached hydrogens (primary N) is 1. The standard InChI is InChI=1S/C22H30N6O4S2/c1-14-16(7-6-8-19(14)32-5)12-33-21-24-9-17(27-22(3,4)13-29)18(26-21)10-28-11-20(25-15(28)2)34(23,30)31/h6-9,11,27,29H,10,12-13H2,1-5H3,(H2,23,30,31). The van der Waals surface area contributed by atoms with Crippen LogP contribution in [0.25, 0.3) is 0 Å². The molecule has 0 aliphatic heterocycles. The zero-order valence-corrected chi connectivity index (χ0v) is 21.5. The van der Waals surface area contributed by atoms with Crippen molar-refractivity contribution in [3.05, 3.63) is 53.2 Å². The van der Waals surface area contributed by atoms with Crippen LogP contribution >= 0.6 is 11.8 Å². The highest BCUT2D eigenvalue weighted by Crippen LogP contribution is 2.28. The Hall–Kier alpha value is -2.67. The van der Waals surface area contributed by atoms with Gasteiger partial charge in [-0.3, -0.25) is 0 Å². The molecule has 34 heavy (non-hydrogen) atoms. The van der Waals surface area contributed by atoms with E-state index in [0.717, 1.165) is 16.9 Å². The Morgan fingerprint density at radius 1 is 1.26 bits per heavy atom. The van der Waals surface area contributed by atoms with E-state index in [0.29, 0.717) is 28.1 Å². The molecule has 0 bridgehead atoms. The number of nitrogens with zero attached hydrogens (tertiary/aromatic N) is 4. The van der Waals surface area contributed by atoms with Crippen LogP contribution < -0.4 is 15.2 Å². The van der Waals surface area contributed by atoms with E-state index in [1.807, 2.05) is 39.0 Å². The van der Waals surface area contributed by atoms with E-state index in [4.69, 9.17) is 14.9 Å². The number of rotatable bonds is 10. The summed E-state index contributed by atoms with van der Waals surface area (Å²) in [7, 11) is -2.28. The van der Waals surface area contributed by atoms with E-state index in [-0.39, 0.29) is 18.2 Å². The minimum atomic E-state index is -3.92. The highest BCUT2D eigenvalue weighted by molar-refractivity contribution is 7.98. The summed E-state index contributed by atoms with van der Waals surface area (Å²) in [5, 5.41) is 18.6. The number of benzene rings is 1. The van der Waals surface area contributed by atoms with Gasteiger partial charge in [0, 0.05) is 11.9 Å². The maximum atomic E-state index is 11.7. The number of hydrogen-bond donors (Lipinski definition) is 3. The van der Waals surface area contributed by atoms with Crippen LogP contribution in [0.2, 0.25) is 0 Å². The van der Waals surface area contributed by atoms with Crippen LogP contribution in [0, 0.1) is 13.8 Å². The summed E-state index contributed by atoms with van der Waals surface area (Å²) in [4.78, 5) is 13.3. The summed E-state index contributed by atoms with van der Waals surface area (Å²) >= 11 is 1.48. The number of aliphatic hydroxyl groups is 1. The average Bonchev–Trinajstić information content (AvgIpc) is 3.15. The predicted octanol–water partition coefficient (Wildman–Crippen LogP) is 2.47. The van der Waals surface area contributed by atoms with Crippen LogP contribution in [0.5, 0.6) is 5.75 Å². The van der Waals surface area contributed by atoms with Gasteiger partial charge in [-0.25, -0.2) is 28.5 Å². The van der Waals surface area contributed by atoms with Gasteiger partial charge in [-0.05, 0) is 44.9 Å². The quantitative estimate of drug-likeness (QED) is 0.279. The number of sulfonamides is 1. The third kappa shape index (κ3) is 6.26. The molecular weight excluding hydrogens is 476 g/mol. The molecule has 2 heterocycles. The average molecular weight is 507 g/mol. The Kier molecular flexibility index (Phi) is 7.86. The van der Waals surface area contributed by atoms with Crippen LogP contribution in [0.1, 0.15) is 36.5 Å². The molecule has 12 heteroatoms. The first-order valence-electron chi connectivity index (χ1n) is 10.5. The molecule has 0 spiro atoms. The summed E-state index contributed by atoms with van der Waals surface area (Å²) in [6.45, 7) is 7.56. The molecule has 2 aromatic heterocycles. The molecule has 10 nitrogen and oxygen atoms in total. The zero-order valence-electron chi connectivity index (χ0n) is 19.9. The monoisotopic (exact) mass is 506 g/mol. The molecule has 0 unspecified atom stereocenters. The van der Waals surface area contributed by atoms with Crippen molar-refractivity contribution in [2.75, 3.05) is 19.0 Å². The highest BCUT2D eigenvalue weighted by atomic mass is 32.2. The van der Waals surface area contributed by atoms with E-state index < -0.39 is 15.6 Å². The van der Waals surface area contributed by atoms with Gasteiger partial charge in [0.05, 0.1) is 43.4 Å². The van der Waals surface area contributed by atoms with Gasteiger partial charge in [-0.15, -0.1) is 0 Å². The van der Waals surface area contributed by atoms with Crippen LogP contribution in [0.3, 0.4) is 0 Å². The zero-order chi connectivity index (χ0) is 25.1. The summed E-state index contributed by atoms with van der Waals surface area (Å²) in [5.41, 5.74) is 2.82. The Bertz CT molecular complexity index is 1270. The minimum Gasteiger partial charge on any atom is -0.496 e. The number of thioether (sulfide) groups is 1. The number of ether oxygens (including phenoxy) is 1. The topological polar surface area (TPSA) is 145 Å². The van der Waals surface area contributed by atoms with E-state index in [1.165, 1.54) is 18.0 Å². The number of imidazole rings is 1. The molecule has 3 aromatic rings. The van der Waals surface area contributed by atoms with Gasteiger partial charge in [-0.2, -0.15) is 0 Å². The van der Waals surface area contributed by atoms with Gasteiger partial charge in [0.15, 0.2) is 10.2 Å². The molecule has 0 saturated carbocycles. The third-order valence-corrected chi connectivity index (χ3v) is 6.94. The fraction of sp³-hybridized carbons (Fsp3) is 0.409. The summed E-state index contributed by atoms with van der Waals surface area (Å²) < 4.78 is 30.5. The van der Waals surface area contributed by atoms with Crippen molar-refractivity contribution in [2.24, 2.45) is 5.14 Å². The molecule has 0 saturated heterocycles. The lowest BCUT2D eigenvalue weighted by Crippen LogP contribution is -2.35. The van der Waals surface area contributed by atoms with Crippen LogP contribution in [0.4, 0.5) is 5.69 Å². The lowest BCUT2D eigenvalue weighted by Gasteiger charge is -2.26. The van der Waals surface area contributed by atoms with Crippen molar-refractivity contribution in [2.45, 2.75) is 55.7 Å². The van der Waals surface area contributed by atoms with Crippen LogP contribution in [0.15, 0.2) is 40.8 Å². The van der Waals surface area contributed by atoms with Crippen molar-refractivity contribution in [1.29, 1.82) is 0 Å². The van der Waals surface area contributed by atoms with Crippen molar-refractivity contribution in [3.8, 4) is 5.75 Å². The van der Waals surface area contributed by atoms with Crippen molar-refractivity contribution in [3.63, 3.8) is 0 Å². The second-order valence-electron chi connectivity index (χ2n) is 8.51. The molecule has 0 atom stereocenters. The molecule has 0 radical (unpaired) electrons. The van der Waals surface area contributed by atoms with E-state index in [9.17, 15) is 13.5 Å². The predicted molar refractivity (Wildman–Crippen MR) is 132 cm³/mol. The number of aliphatic hydroxyl groups excluding tert-OH is 1. The molecule has 0 aliphatic carbocycles. The van der Waals surface area contributed by atoms with Gasteiger partial charge in [0.25, 0.3) is 10.0 Å². The SMILES string of the molecule is COc1cccc(CSc2ncc(NC(C)(C)CO)c(Cn3cc(S(N)(=O)=O)nc3C)n2)c1C. The van der Waals surface area contributed by atoms with E-state index >= 15 is 0 Å². The van der Waals surface area contributed by atoms with Gasteiger partial charge in [0.2, 0.25) is 0 Å². The highest BCUT2D eigenvalue weighted by Gasteiger charge is 2.21. The number of hydrogen-bond acceptors (Lipinski definition) is 9. The molecule has 184 valence electrons. The maximum absolute atomic E-state index is 11.7. The number of nitrogens with one attached hydrogen (secondary N) is 1. The molecule has 4 N–H and O–H groups in total. The Morgan fingerprint density at radius 3 is 2.62 bits per heavy atom. The molecule has 1 aromatic carbocycles. The number of aromatic nitrogens is 4. The van der Waals surface area contributed by atoms with Crippen LogP contribution in [-0.4, -0.2) is 52.3 Å². The van der Waals surface area contributed by atoms with E-state index in [2.05, 4.69) is 15.3 Å². The number of primary sulfonamides is 1. The third-order valence-electron chi connectivity index (χ3n) is 5.25. The van der Waals surface area contributed by atoms with Gasteiger partial charge in [0.1, 0.15) is 11.6 Å². The fourth-order valence-electron chi connectivity index (χ4n) is 3.21. The van der Waals surface area contributed by atoms with Crippen LogP contribution in [-0.2, 0) is 22.3 Å². The Labute approximate surface area is 204 Å². The maximum Gasteiger partial charge on any atom is 0.257 e. The molecule has 0 fully saturated rings. The van der Waals surface area contributed by atoms with Gasteiger partial charge < -0.3 is 19.7 Å². The fourth-order valence-corrected chi connectivity index (χ4v) is 4.65.